The van der Waals surface area contributed by atoms with Crippen LogP contribution in [0.3, 0.4) is 0 Å². The summed E-state index contributed by atoms with van der Waals surface area (Å²) in [5.74, 6) is 0.717. The molecule has 0 radical (unpaired) electrons. The molecule has 0 atom stereocenters. The largest absolute Gasteiger partial charge is 0.329 e. The molecule has 0 saturated carbocycles. The van der Waals surface area contributed by atoms with Gasteiger partial charge in [-0.1, -0.05) is 12.1 Å². The molecule has 24 heavy (non-hydrogen) atoms. The molecule has 0 spiro atoms. The van der Waals surface area contributed by atoms with Crippen molar-refractivity contribution in [2.24, 2.45) is 4.99 Å². The number of hydrogen-bond donors (Lipinski definition) is 2. The topological polar surface area (TPSA) is 53.5 Å². The van der Waals surface area contributed by atoms with Crippen molar-refractivity contribution in [2.45, 2.75) is 44.9 Å². The van der Waals surface area contributed by atoms with E-state index in [-0.39, 0.29) is 6.03 Å². The van der Waals surface area contributed by atoms with Crippen LogP contribution >= 0.6 is 11.9 Å². The maximum absolute atomic E-state index is 12.4. The van der Waals surface area contributed by atoms with Crippen LogP contribution in [0.4, 0.5) is 10.5 Å². The summed E-state index contributed by atoms with van der Waals surface area (Å²) in [5.41, 5.74) is 7.78. The number of aliphatic imine (C=N–C) groups is 1. The smallest absolute Gasteiger partial charge is 0.307 e. The van der Waals surface area contributed by atoms with Gasteiger partial charge < -0.3 is 5.32 Å². The second-order valence-corrected chi connectivity index (χ2v) is 7.42. The number of aryl methyl sites for hydroxylation is 2. The van der Waals surface area contributed by atoms with Crippen LogP contribution in [-0.2, 0) is 25.7 Å². The number of carbonyl (C=O) groups excluding carboxylic acids is 1. The second kappa shape index (κ2) is 7.01. The fourth-order valence-corrected chi connectivity index (χ4v) is 4.52. The highest BCUT2D eigenvalue weighted by Gasteiger charge is 2.24. The first-order chi connectivity index (χ1) is 11.8. The molecule has 1 aromatic rings. The van der Waals surface area contributed by atoms with Crippen LogP contribution in [0.1, 0.15) is 41.5 Å². The predicted molar refractivity (Wildman–Crippen MR) is 101 cm³/mol. The molecule has 2 aliphatic carbocycles. The Hall–Kier alpha value is -1.75. The lowest BCUT2D eigenvalue weighted by molar-refractivity contribution is 0.257. The highest BCUT2D eigenvalue weighted by Crippen LogP contribution is 2.38. The third-order valence-corrected chi connectivity index (χ3v) is 5.79. The van der Waals surface area contributed by atoms with Crippen LogP contribution in [-0.4, -0.2) is 24.0 Å². The fourth-order valence-electron chi connectivity index (χ4n) is 3.93. The summed E-state index contributed by atoms with van der Waals surface area (Å²) in [7, 11) is 0. The molecular weight excluding hydrogens is 318 g/mol. The van der Waals surface area contributed by atoms with E-state index in [0.717, 1.165) is 55.8 Å². The lowest BCUT2D eigenvalue weighted by Gasteiger charge is -2.16. The van der Waals surface area contributed by atoms with Gasteiger partial charge in [0.15, 0.2) is 0 Å². The van der Waals surface area contributed by atoms with E-state index >= 15 is 0 Å². The number of dihydropyridines is 1. The summed E-state index contributed by atoms with van der Waals surface area (Å²) in [6, 6.07) is 2.27. The highest BCUT2D eigenvalue weighted by molar-refractivity contribution is 7.98. The number of nitrogens with one attached hydrogen (secondary N) is 2. The minimum Gasteiger partial charge on any atom is -0.307 e. The Morgan fingerprint density at radius 1 is 1.12 bits per heavy atom. The van der Waals surface area contributed by atoms with Crippen LogP contribution < -0.4 is 10.0 Å². The number of allylic oxidation sites excluding steroid dienone is 1. The molecule has 3 aliphatic rings. The van der Waals surface area contributed by atoms with E-state index in [1.807, 2.05) is 6.08 Å². The number of carbonyl (C=O) groups is 1. The fraction of sp³-hybridized carbons (Fsp3) is 0.474. The lowest BCUT2D eigenvalue weighted by Crippen LogP contribution is -2.25. The van der Waals surface area contributed by atoms with Gasteiger partial charge in [0.1, 0.15) is 0 Å². The third-order valence-electron chi connectivity index (χ3n) is 5.02. The summed E-state index contributed by atoms with van der Waals surface area (Å²) in [4.78, 5) is 16.8. The van der Waals surface area contributed by atoms with Gasteiger partial charge in [-0.05, 0) is 85.2 Å². The molecule has 2 N–H and O–H groups in total. The Morgan fingerprint density at radius 2 is 1.88 bits per heavy atom. The number of rotatable bonds is 4. The van der Waals surface area contributed by atoms with Crippen LogP contribution in [0.25, 0.3) is 0 Å². The monoisotopic (exact) mass is 341 g/mol. The Balaban J connectivity index is 1.41. The SMILES string of the molecule is O=C(NSCC1=NCCC=C1)Nc1c2c(cc3c1CCC3)CCC2. The molecule has 4 rings (SSSR count). The van der Waals surface area contributed by atoms with Crippen LogP contribution in [0.5, 0.6) is 0 Å². The lowest BCUT2D eigenvalue weighted by atomic mass is 9.99. The van der Waals surface area contributed by atoms with Crippen molar-refractivity contribution in [3.05, 3.63) is 40.5 Å². The number of fused-ring (bicyclic) bond motifs is 2. The van der Waals surface area contributed by atoms with E-state index in [1.165, 1.54) is 47.0 Å². The third kappa shape index (κ3) is 3.22. The molecule has 0 bridgehead atoms. The standard InChI is InChI=1S/C19H23N3OS/c23-19(22-24-12-15-7-1-2-10-20-15)21-18-16-8-3-5-13(16)11-14-6-4-9-17(14)18/h1,7,11H,2-6,8-10,12H2,(H2,21,22,23). The minimum absolute atomic E-state index is 0.116. The molecule has 1 aliphatic heterocycles. The molecular formula is C19H23N3OS. The molecule has 0 saturated heterocycles. The molecule has 126 valence electrons. The van der Waals surface area contributed by atoms with Gasteiger partial charge in [0.05, 0.1) is 5.75 Å². The first-order valence-electron chi connectivity index (χ1n) is 8.86. The summed E-state index contributed by atoms with van der Waals surface area (Å²) >= 11 is 1.41. The van der Waals surface area contributed by atoms with Crippen molar-refractivity contribution in [1.29, 1.82) is 0 Å². The number of nitrogens with zero attached hydrogens (tertiary/aromatic N) is 1. The van der Waals surface area contributed by atoms with Gasteiger partial charge in [-0.15, -0.1) is 0 Å². The van der Waals surface area contributed by atoms with E-state index < -0.39 is 0 Å². The molecule has 1 aromatic carbocycles. The minimum atomic E-state index is -0.116. The summed E-state index contributed by atoms with van der Waals surface area (Å²) < 4.78 is 2.91. The van der Waals surface area contributed by atoms with E-state index in [2.05, 4.69) is 27.2 Å². The molecule has 0 fully saturated rings. The first-order valence-corrected chi connectivity index (χ1v) is 9.85. The Morgan fingerprint density at radius 3 is 2.54 bits per heavy atom. The molecule has 5 heteroatoms. The average molecular weight is 341 g/mol. The van der Waals surface area contributed by atoms with Crippen LogP contribution in [0.2, 0.25) is 0 Å². The van der Waals surface area contributed by atoms with Crippen molar-refractivity contribution in [3.8, 4) is 0 Å². The van der Waals surface area contributed by atoms with Crippen molar-refractivity contribution >= 4 is 29.4 Å². The summed E-state index contributed by atoms with van der Waals surface area (Å²) in [6.07, 6.45) is 12.1. The first kappa shape index (κ1) is 15.8. The zero-order valence-electron chi connectivity index (χ0n) is 13.9. The summed E-state index contributed by atoms with van der Waals surface area (Å²) in [5, 5.41) is 3.15. The van der Waals surface area contributed by atoms with Gasteiger partial charge in [0.2, 0.25) is 0 Å². The van der Waals surface area contributed by atoms with Crippen LogP contribution in [0.15, 0.2) is 23.2 Å². The van der Waals surface area contributed by atoms with Gasteiger partial charge in [-0.25, -0.2) is 4.79 Å². The van der Waals surface area contributed by atoms with E-state index in [9.17, 15) is 4.79 Å². The number of anilines is 1. The van der Waals surface area contributed by atoms with Crippen molar-refractivity contribution in [3.63, 3.8) is 0 Å². The number of amides is 2. The zero-order valence-corrected chi connectivity index (χ0v) is 14.7. The molecule has 0 unspecified atom stereocenters. The van der Waals surface area contributed by atoms with E-state index in [0.29, 0.717) is 0 Å². The molecule has 4 nitrogen and oxygen atoms in total. The van der Waals surface area contributed by atoms with Gasteiger partial charge in [-0.3, -0.25) is 9.71 Å². The Labute approximate surface area is 147 Å². The second-order valence-electron chi connectivity index (χ2n) is 6.64. The highest BCUT2D eigenvalue weighted by atomic mass is 32.2. The molecule has 1 heterocycles. The van der Waals surface area contributed by atoms with Crippen molar-refractivity contribution in [1.82, 2.24) is 4.72 Å². The number of urea groups is 1. The Kier molecular flexibility index (Phi) is 4.60. The van der Waals surface area contributed by atoms with Gasteiger partial charge in [0.25, 0.3) is 0 Å². The zero-order chi connectivity index (χ0) is 16.4. The van der Waals surface area contributed by atoms with Crippen molar-refractivity contribution in [2.75, 3.05) is 17.6 Å². The number of hydrogen-bond acceptors (Lipinski definition) is 3. The van der Waals surface area contributed by atoms with Crippen LogP contribution in [0, 0.1) is 0 Å². The maximum atomic E-state index is 12.4. The molecule has 0 aromatic heterocycles. The van der Waals surface area contributed by atoms with Gasteiger partial charge >= 0.3 is 6.03 Å². The van der Waals surface area contributed by atoms with Gasteiger partial charge in [-0.2, -0.15) is 0 Å². The van der Waals surface area contributed by atoms with Crippen molar-refractivity contribution < 1.29 is 4.79 Å². The van der Waals surface area contributed by atoms with E-state index in [1.54, 1.807) is 0 Å². The quantitative estimate of drug-likeness (QED) is 0.818. The maximum Gasteiger partial charge on any atom is 0.329 e. The Bertz CT molecular complexity index is 692. The molecule has 2 amide bonds. The predicted octanol–water partition coefficient (Wildman–Crippen LogP) is 3.83. The normalized spacial score (nSPS) is 18.1. The van der Waals surface area contributed by atoms with E-state index in [4.69, 9.17) is 0 Å². The average Bonchev–Trinajstić information content (AvgIpc) is 3.24. The van der Waals surface area contributed by atoms with Gasteiger partial charge in [0, 0.05) is 17.9 Å². The summed E-state index contributed by atoms with van der Waals surface area (Å²) in [6.45, 7) is 0.862. The number of benzene rings is 1.